The zero-order chi connectivity index (χ0) is 41.4. The summed E-state index contributed by atoms with van der Waals surface area (Å²) in [4.78, 5) is 2.50. The van der Waals surface area contributed by atoms with Crippen molar-refractivity contribution in [1.82, 2.24) is 9.13 Å². The van der Waals surface area contributed by atoms with Gasteiger partial charge in [-0.1, -0.05) is 152 Å². The smallest absolute Gasteiger partial charge is 0.0629 e. The third-order valence-corrected chi connectivity index (χ3v) is 13.4. The molecule has 2 aromatic heterocycles. The van der Waals surface area contributed by atoms with E-state index in [1.54, 1.807) is 0 Å². The van der Waals surface area contributed by atoms with Crippen molar-refractivity contribution in [3.63, 3.8) is 0 Å². The van der Waals surface area contributed by atoms with Gasteiger partial charge in [-0.2, -0.15) is 0 Å². The van der Waals surface area contributed by atoms with Crippen LogP contribution >= 0.6 is 0 Å². The predicted molar refractivity (Wildman–Crippen MR) is 265 cm³/mol. The van der Waals surface area contributed by atoms with Gasteiger partial charge in [0.25, 0.3) is 0 Å². The van der Waals surface area contributed by atoms with Gasteiger partial charge in [0.05, 0.1) is 33.8 Å². The number of benzene rings is 9. The minimum atomic E-state index is 0.250. The maximum Gasteiger partial charge on any atom is 0.0629 e. The van der Waals surface area contributed by atoms with Crippen molar-refractivity contribution in [3.8, 4) is 44.8 Å². The van der Waals surface area contributed by atoms with E-state index >= 15 is 0 Å². The van der Waals surface area contributed by atoms with Crippen molar-refractivity contribution in [3.05, 3.63) is 242 Å². The van der Waals surface area contributed by atoms with Gasteiger partial charge in [-0.25, -0.2) is 0 Å². The number of fused-ring (bicyclic) bond motifs is 9. The molecule has 63 heavy (non-hydrogen) atoms. The van der Waals surface area contributed by atoms with Crippen molar-refractivity contribution in [1.29, 1.82) is 0 Å². The molecule has 296 valence electrons. The van der Waals surface area contributed by atoms with Crippen LogP contribution in [0.1, 0.15) is 11.5 Å². The summed E-state index contributed by atoms with van der Waals surface area (Å²) in [5.41, 5.74) is 18.2. The van der Waals surface area contributed by atoms with E-state index in [2.05, 4.69) is 251 Å². The van der Waals surface area contributed by atoms with E-state index in [0.717, 1.165) is 0 Å². The van der Waals surface area contributed by atoms with Crippen LogP contribution in [-0.2, 0) is 0 Å². The molecule has 9 aromatic carbocycles. The molecule has 13 rings (SSSR count). The molecule has 2 aliphatic rings. The van der Waals surface area contributed by atoms with Crippen molar-refractivity contribution in [2.24, 2.45) is 0 Å². The molecule has 0 saturated carbocycles. The van der Waals surface area contributed by atoms with Gasteiger partial charge in [0.15, 0.2) is 0 Å². The number of aromatic nitrogens is 2. The van der Waals surface area contributed by atoms with Crippen LogP contribution in [0.3, 0.4) is 0 Å². The zero-order valence-electron chi connectivity index (χ0n) is 34.5. The van der Waals surface area contributed by atoms with Crippen molar-refractivity contribution in [2.45, 2.75) is 12.0 Å². The minimum Gasteiger partial charge on any atom is -0.333 e. The Kier molecular flexibility index (Phi) is 8.04. The van der Waals surface area contributed by atoms with Gasteiger partial charge in [-0.3, -0.25) is 0 Å². The Bertz CT molecular complexity index is 3630. The average molecular weight is 804 g/mol. The third-order valence-electron chi connectivity index (χ3n) is 13.4. The van der Waals surface area contributed by atoms with E-state index in [1.165, 1.54) is 105 Å². The van der Waals surface area contributed by atoms with Gasteiger partial charge in [0.2, 0.25) is 0 Å². The van der Waals surface area contributed by atoms with Crippen molar-refractivity contribution in [2.75, 3.05) is 4.90 Å². The fourth-order valence-electron chi connectivity index (χ4n) is 10.6. The lowest BCUT2D eigenvalue weighted by atomic mass is 9.89. The van der Waals surface area contributed by atoms with E-state index in [-0.39, 0.29) is 12.0 Å². The summed E-state index contributed by atoms with van der Waals surface area (Å²) in [7, 11) is 0. The standard InChI is InChI=1S/C60H41N3/c1-4-16-40(17-5-1)47-22-10-13-25-54(47)63-59-34-30-43(41-28-32-57-50(36-41)48-23-11-14-26-55(48)61(57)45-18-6-2-7-19-45)38-52(59)53-39-44(31-35-60(53)63)42-29-33-58-51(37-42)49-24-12-15-27-56(49)62(58)46-20-8-3-9-21-46/h1-39,48,55H. The topological polar surface area (TPSA) is 13.1 Å². The second kappa shape index (κ2) is 14.2. The molecule has 0 amide bonds. The lowest BCUT2D eigenvalue weighted by Gasteiger charge is -2.28. The first kappa shape index (κ1) is 35.6. The molecule has 0 saturated heterocycles. The van der Waals surface area contributed by atoms with Crippen LogP contribution in [0.4, 0.5) is 11.4 Å². The molecule has 3 nitrogen and oxygen atoms in total. The molecule has 3 heterocycles. The van der Waals surface area contributed by atoms with Crippen LogP contribution < -0.4 is 4.90 Å². The molecular formula is C60H41N3. The zero-order valence-corrected chi connectivity index (χ0v) is 34.5. The Morgan fingerprint density at radius 2 is 0.825 bits per heavy atom. The number of anilines is 2. The Hall–Kier alpha value is -8.14. The lowest BCUT2D eigenvalue weighted by molar-refractivity contribution is 0.745. The second-order valence-electron chi connectivity index (χ2n) is 16.9. The highest BCUT2D eigenvalue weighted by atomic mass is 15.2. The molecule has 1 aliphatic heterocycles. The highest BCUT2D eigenvalue weighted by molar-refractivity contribution is 6.13. The summed E-state index contributed by atoms with van der Waals surface area (Å²) >= 11 is 0. The first-order chi connectivity index (χ1) is 31.3. The van der Waals surface area contributed by atoms with Gasteiger partial charge in [-0.15, -0.1) is 0 Å². The summed E-state index contributed by atoms with van der Waals surface area (Å²) in [6.45, 7) is 0. The Labute approximate surface area is 366 Å². The fraction of sp³-hybridized carbons (Fsp3) is 0.0333. The monoisotopic (exact) mass is 803 g/mol. The second-order valence-corrected chi connectivity index (χ2v) is 16.9. The summed E-state index contributed by atoms with van der Waals surface area (Å²) in [6.07, 6.45) is 9.12. The molecule has 0 spiro atoms. The highest BCUT2D eigenvalue weighted by Gasteiger charge is 2.37. The van der Waals surface area contributed by atoms with Crippen LogP contribution in [0.2, 0.25) is 0 Å². The Morgan fingerprint density at radius 3 is 1.52 bits per heavy atom. The van der Waals surface area contributed by atoms with Crippen LogP contribution in [0.5, 0.6) is 0 Å². The summed E-state index contributed by atoms with van der Waals surface area (Å²) in [5, 5.41) is 4.97. The first-order valence-electron chi connectivity index (χ1n) is 21.9. The normalized spacial score (nSPS) is 15.5. The van der Waals surface area contributed by atoms with E-state index in [9.17, 15) is 0 Å². The van der Waals surface area contributed by atoms with Crippen LogP contribution in [0, 0.1) is 0 Å². The largest absolute Gasteiger partial charge is 0.333 e. The van der Waals surface area contributed by atoms with Gasteiger partial charge in [0, 0.05) is 50.1 Å². The molecule has 3 heteroatoms. The van der Waals surface area contributed by atoms with E-state index in [0.29, 0.717) is 0 Å². The minimum absolute atomic E-state index is 0.250. The molecule has 0 N–H and O–H groups in total. The maximum absolute atomic E-state index is 2.50. The fourth-order valence-corrected chi connectivity index (χ4v) is 10.6. The van der Waals surface area contributed by atoms with Crippen LogP contribution in [0.25, 0.3) is 88.4 Å². The van der Waals surface area contributed by atoms with Gasteiger partial charge < -0.3 is 14.0 Å². The molecule has 11 aromatic rings. The third kappa shape index (κ3) is 5.60. The van der Waals surface area contributed by atoms with Crippen molar-refractivity contribution < 1.29 is 0 Å². The SMILES string of the molecule is C1=CC2c3cc(-c4ccc5c(c4)c4cc(-c6ccc7c(c6)c6ccccc6n7-c6ccccc6)ccc4n5-c4ccccc4-c4ccccc4)ccc3N(c3ccccc3)C2C=C1. The van der Waals surface area contributed by atoms with Gasteiger partial charge in [0.1, 0.15) is 0 Å². The summed E-state index contributed by atoms with van der Waals surface area (Å²) in [6, 6.07) is 78.3. The summed E-state index contributed by atoms with van der Waals surface area (Å²) < 4.78 is 4.86. The Balaban J connectivity index is 1.00. The molecule has 0 bridgehead atoms. The van der Waals surface area contributed by atoms with E-state index in [1.807, 2.05) is 0 Å². The molecule has 2 atom stereocenters. The van der Waals surface area contributed by atoms with Crippen molar-refractivity contribution >= 4 is 55.0 Å². The number of para-hydroxylation sites is 4. The lowest BCUT2D eigenvalue weighted by Crippen LogP contribution is -2.28. The maximum atomic E-state index is 2.50. The summed E-state index contributed by atoms with van der Waals surface area (Å²) in [5.74, 6) is 0.284. The number of hydrogen-bond acceptors (Lipinski definition) is 1. The number of allylic oxidation sites excluding steroid dienone is 2. The Morgan fingerprint density at radius 1 is 0.317 bits per heavy atom. The predicted octanol–water partition coefficient (Wildman–Crippen LogP) is 15.6. The number of nitrogens with zero attached hydrogens (tertiary/aromatic N) is 3. The number of rotatable bonds is 6. The van der Waals surface area contributed by atoms with Gasteiger partial charge in [-0.05, 0) is 118 Å². The number of hydrogen-bond donors (Lipinski definition) is 0. The van der Waals surface area contributed by atoms with Crippen LogP contribution in [0.15, 0.2) is 237 Å². The average Bonchev–Trinajstić information content (AvgIpc) is 3.99. The molecular weight excluding hydrogens is 763 g/mol. The van der Waals surface area contributed by atoms with E-state index < -0.39 is 0 Å². The quantitative estimate of drug-likeness (QED) is 0.163. The molecule has 2 unspecified atom stereocenters. The van der Waals surface area contributed by atoms with E-state index in [4.69, 9.17) is 0 Å². The van der Waals surface area contributed by atoms with Gasteiger partial charge >= 0.3 is 0 Å². The highest BCUT2D eigenvalue weighted by Crippen LogP contribution is 2.49. The van der Waals surface area contributed by atoms with Crippen LogP contribution in [-0.4, -0.2) is 15.2 Å². The first-order valence-corrected chi connectivity index (χ1v) is 21.9. The molecule has 0 radical (unpaired) electrons. The molecule has 0 fully saturated rings. The molecule has 1 aliphatic carbocycles.